The van der Waals surface area contributed by atoms with Crippen LogP contribution in [0.5, 0.6) is 0 Å². The Morgan fingerprint density at radius 2 is 1.95 bits per heavy atom. The molecule has 0 spiro atoms. The van der Waals surface area contributed by atoms with Crippen molar-refractivity contribution in [2.24, 2.45) is 0 Å². The number of rotatable bonds is 4. The van der Waals surface area contributed by atoms with Crippen LogP contribution in [0.15, 0.2) is 24.3 Å². The molecule has 0 bridgehead atoms. The minimum Gasteiger partial charge on any atom is -0.325 e. The molecule has 1 unspecified atom stereocenters. The summed E-state index contributed by atoms with van der Waals surface area (Å²) in [6, 6.07) is 9.29. The van der Waals surface area contributed by atoms with Gasteiger partial charge >= 0.3 is 0 Å². The van der Waals surface area contributed by atoms with Gasteiger partial charge in [-0.2, -0.15) is 5.26 Å². The molecular weight excluding hydrogens is 276 g/mol. The molecule has 1 aromatic rings. The average Bonchev–Trinajstić information content (AvgIpc) is 2.55. The molecule has 1 aliphatic rings. The van der Waals surface area contributed by atoms with Crippen LogP contribution in [-0.4, -0.2) is 55.0 Å². The van der Waals surface area contributed by atoms with E-state index >= 15 is 0 Å². The molecule has 1 atom stereocenters. The van der Waals surface area contributed by atoms with E-state index in [2.05, 4.69) is 28.2 Å². The standard InChI is InChI=1S/C17H24N4O/c1-13(21(3)16-8-10-20(2)11-9-16)17(22)19-15-6-4-14(12-18)5-7-15/h4-7,13,16H,8-11H2,1-3H3,(H,19,22). The van der Waals surface area contributed by atoms with Gasteiger partial charge in [0.1, 0.15) is 0 Å². The van der Waals surface area contributed by atoms with Gasteiger partial charge in [0.05, 0.1) is 17.7 Å². The van der Waals surface area contributed by atoms with Crippen LogP contribution in [0.4, 0.5) is 5.69 Å². The van der Waals surface area contributed by atoms with Gasteiger partial charge in [-0.1, -0.05) is 0 Å². The van der Waals surface area contributed by atoms with Crippen LogP contribution in [-0.2, 0) is 4.79 Å². The van der Waals surface area contributed by atoms with Gasteiger partial charge in [-0.3, -0.25) is 9.69 Å². The lowest BCUT2D eigenvalue weighted by Gasteiger charge is -2.37. The number of piperidine rings is 1. The van der Waals surface area contributed by atoms with E-state index in [1.807, 2.05) is 14.0 Å². The van der Waals surface area contributed by atoms with Crippen LogP contribution in [0.3, 0.4) is 0 Å². The smallest absolute Gasteiger partial charge is 0.241 e. The number of likely N-dealkylation sites (tertiary alicyclic amines) is 1. The molecule has 1 aromatic carbocycles. The number of likely N-dealkylation sites (N-methyl/N-ethyl adjacent to an activating group) is 1. The molecule has 5 heteroatoms. The van der Waals surface area contributed by atoms with E-state index in [4.69, 9.17) is 5.26 Å². The fourth-order valence-electron chi connectivity index (χ4n) is 2.78. The van der Waals surface area contributed by atoms with Gasteiger partial charge in [0.15, 0.2) is 0 Å². The van der Waals surface area contributed by atoms with E-state index < -0.39 is 0 Å². The van der Waals surface area contributed by atoms with Gasteiger partial charge in [-0.25, -0.2) is 0 Å². The second-order valence-corrected chi connectivity index (χ2v) is 6.05. The van der Waals surface area contributed by atoms with Gasteiger partial charge < -0.3 is 10.2 Å². The van der Waals surface area contributed by atoms with Crippen molar-refractivity contribution in [1.82, 2.24) is 9.80 Å². The summed E-state index contributed by atoms with van der Waals surface area (Å²) in [6.45, 7) is 4.11. The van der Waals surface area contributed by atoms with Crippen molar-refractivity contribution >= 4 is 11.6 Å². The Morgan fingerprint density at radius 3 is 2.50 bits per heavy atom. The highest BCUT2D eigenvalue weighted by Gasteiger charge is 2.27. The quantitative estimate of drug-likeness (QED) is 0.923. The summed E-state index contributed by atoms with van der Waals surface area (Å²) in [5.74, 6) is -0.00821. The predicted octanol–water partition coefficient (Wildman–Crippen LogP) is 1.91. The second kappa shape index (κ2) is 7.39. The lowest BCUT2D eigenvalue weighted by Crippen LogP contribution is -2.49. The van der Waals surface area contributed by atoms with E-state index in [0.717, 1.165) is 31.6 Å². The van der Waals surface area contributed by atoms with Gasteiger partial charge in [-0.15, -0.1) is 0 Å². The number of nitrogens with one attached hydrogen (secondary N) is 1. The number of nitriles is 1. The monoisotopic (exact) mass is 300 g/mol. The van der Waals surface area contributed by atoms with Crippen LogP contribution in [0, 0.1) is 11.3 Å². The summed E-state index contributed by atoms with van der Waals surface area (Å²) in [5, 5.41) is 11.7. The Balaban J connectivity index is 1.91. The topological polar surface area (TPSA) is 59.4 Å². The molecule has 2 rings (SSSR count). The lowest BCUT2D eigenvalue weighted by atomic mass is 10.0. The molecule has 1 saturated heterocycles. The van der Waals surface area contributed by atoms with Crippen molar-refractivity contribution in [2.45, 2.75) is 31.8 Å². The summed E-state index contributed by atoms with van der Waals surface area (Å²) in [7, 11) is 4.16. The highest BCUT2D eigenvalue weighted by atomic mass is 16.2. The van der Waals surface area contributed by atoms with Gasteiger partial charge in [0, 0.05) is 11.7 Å². The van der Waals surface area contributed by atoms with E-state index in [9.17, 15) is 4.79 Å². The first-order valence-electron chi connectivity index (χ1n) is 7.72. The Morgan fingerprint density at radius 1 is 1.36 bits per heavy atom. The Hall–Kier alpha value is -1.90. The number of hydrogen-bond acceptors (Lipinski definition) is 4. The number of anilines is 1. The minimum absolute atomic E-state index is 0.00821. The molecule has 1 heterocycles. The van der Waals surface area contributed by atoms with Crippen LogP contribution in [0.25, 0.3) is 0 Å². The van der Waals surface area contributed by atoms with E-state index in [-0.39, 0.29) is 11.9 Å². The SMILES string of the molecule is CC(C(=O)Nc1ccc(C#N)cc1)N(C)C1CCN(C)CC1. The second-order valence-electron chi connectivity index (χ2n) is 6.05. The van der Waals surface area contributed by atoms with Crippen molar-refractivity contribution in [3.05, 3.63) is 29.8 Å². The minimum atomic E-state index is -0.177. The molecule has 1 fully saturated rings. The van der Waals surface area contributed by atoms with Gasteiger partial charge in [-0.05, 0) is 71.2 Å². The third kappa shape index (κ3) is 4.06. The lowest BCUT2D eigenvalue weighted by molar-refractivity contribution is -0.121. The molecule has 0 aromatic heterocycles. The normalized spacial score (nSPS) is 18.0. The molecule has 118 valence electrons. The maximum atomic E-state index is 12.4. The zero-order chi connectivity index (χ0) is 16.1. The first kappa shape index (κ1) is 16.5. The number of benzene rings is 1. The molecular formula is C17H24N4O. The predicted molar refractivity (Wildman–Crippen MR) is 87.5 cm³/mol. The van der Waals surface area contributed by atoms with Crippen molar-refractivity contribution in [3.8, 4) is 6.07 Å². The zero-order valence-electron chi connectivity index (χ0n) is 13.5. The van der Waals surface area contributed by atoms with Crippen LogP contribution in [0.1, 0.15) is 25.3 Å². The van der Waals surface area contributed by atoms with Crippen molar-refractivity contribution in [1.29, 1.82) is 5.26 Å². The van der Waals surface area contributed by atoms with Crippen molar-refractivity contribution < 1.29 is 4.79 Å². The van der Waals surface area contributed by atoms with Gasteiger partial charge in [0.2, 0.25) is 5.91 Å². The average molecular weight is 300 g/mol. The third-order valence-corrected chi connectivity index (χ3v) is 4.54. The Bertz CT molecular complexity index is 541. The summed E-state index contributed by atoms with van der Waals surface area (Å²) >= 11 is 0. The number of hydrogen-bond donors (Lipinski definition) is 1. The van der Waals surface area contributed by atoms with Crippen LogP contribution >= 0.6 is 0 Å². The first-order valence-corrected chi connectivity index (χ1v) is 7.72. The number of carbonyl (C=O) groups excluding carboxylic acids is 1. The number of amides is 1. The number of nitrogens with zero attached hydrogens (tertiary/aromatic N) is 3. The number of carbonyl (C=O) groups is 1. The molecule has 1 aliphatic heterocycles. The fraction of sp³-hybridized carbons (Fsp3) is 0.529. The largest absolute Gasteiger partial charge is 0.325 e. The fourth-order valence-corrected chi connectivity index (χ4v) is 2.78. The highest BCUT2D eigenvalue weighted by molar-refractivity contribution is 5.94. The van der Waals surface area contributed by atoms with Crippen molar-refractivity contribution in [2.75, 3.05) is 32.5 Å². The highest BCUT2D eigenvalue weighted by Crippen LogP contribution is 2.17. The first-order chi connectivity index (χ1) is 10.5. The molecule has 1 N–H and O–H groups in total. The summed E-state index contributed by atoms with van der Waals surface area (Å²) in [6.07, 6.45) is 2.20. The van der Waals surface area contributed by atoms with Gasteiger partial charge in [0.25, 0.3) is 0 Å². The molecule has 22 heavy (non-hydrogen) atoms. The summed E-state index contributed by atoms with van der Waals surface area (Å²) in [4.78, 5) is 16.9. The van der Waals surface area contributed by atoms with Crippen molar-refractivity contribution in [3.63, 3.8) is 0 Å². The Labute approximate surface area is 132 Å². The van der Waals surface area contributed by atoms with E-state index in [1.54, 1.807) is 24.3 Å². The summed E-state index contributed by atoms with van der Waals surface area (Å²) in [5.41, 5.74) is 1.32. The maximum Gasteiger partial charge on any atom is 0.241 e. The van der Waals surface area contributed by atoms with Crippen LogP contribution in [0.2, 0.25) is 0 Å². The van der Waals surface area contributed by atoms with E-state index in [1.165, 1.54) is 0 Å². The molecule has 0 radical (unpaired) electrons. The molecule has 1 amide bonds. The molecule has 5 nitrogen and oxygen atoms in total. The molecule has 0 aliphatic carbocycles. The maximum absolute atomic E-state index is 12.4. The Kier molecular flexibility index (Phi) is 5.53. The third-order valence-electron chi connectivity index (χ3n) is 4.54. The van der Waals surface area contributed by atoms with Crippen LogP contribution < -0.4 is 5.32 Å². The van der Waals surface area contributed by atoms with E-state index in [0.29, 0.717) is 11.6 Å². The molecule has 0 saturated carbocycles. The zero-order valence-corrected chi connectivity index (χ0v) is 13.5. The summed E-state index contributed by atoms with van der Waals surface area (Å²) < 4.78 is 0.